The monoisotopic (exact) mass is 401 g/mol. The molecule has 0 saturated carbocycles. The summed E-state index contributed by atoms with van der Waals surface area (Å²) in [7, 11) is 0. The number of aromatic nitrogens is 3. The highest BCUT2D eigenvalue weighted by atomic mass is 35.5. The van der Waals surface area contributed by atoms with Gasteiger partial charge in [-0.3, -0.25) is 4.98 Å². The van der Waals surface area contributed by atoms with Crippen molar-refractivity contribution in [2.45, 2.75) is 19.9 Å². The van der Waals surface area contributed by atoms with Crippen LogP contribution in [-0.2, 0) is 0 Å². The number of benzene rings is 1. The highest BCUT2D eigenvalue weighted by Crippen LogP contribution is 2.26. The lowest BCUT2D eigenvalue weighted by atomic mass is 10.1. The minimum absolute atomic E-state index is 0.0186. The van der Waals surface area contributed by atoms with Crippen molar-refractivity contribution < 1.29 is 9.50 Å². The molecule has 0 unspecified atom stereocenters. The molecule has 6 nitrogen and oxygen atoms in total. The molecule has 2 aromatic heterocycles. The Bertz CT molecular complexity index is 939. The van der Waals surface area contributed by atoms with Crippen LogP contribution in [-0.4, -0.2) is 32.7 Å². The Kier molecular flexibility index (Phi) is 6.38. The number of aliphatic hydroxyl groups is 1. The third kappa shape index (κ3) is 4.94. The zero-order valence-corrected chi connectivity index (χ0v) is 16.3. The molecule has 1 aromatic carbocycles. The zero-order valence-electron chi connectivity index (χ0n) is 15.5. The quantitative estimate of drug-likeness (QED) is 0.540. The first-order valence-corrected chi connectivity index (χ1v) is 9.23. The van der Waals surface area contributed by atoms with Crippen LogP contribution in [0.3, 0.4) is 0 Å². The van der Waals surface area contributed by atoms with Gasteiger partial charge in [0, 0.05) is 29.7 Å². The number of nitrogens with zero attached hydrogens (tertiary/aromatic N) is 3. The summed E-state index contributed by atoms with van der Waals surface area (Å²) in [6.45, 7) is 3.95. The van der Waals surface area contributed by atoms with E-state index in [1.807, 2.05) is 26.0 Å². The average molecular weight is 402 g/mol. The molecule has 0 bridgehead atoms. The maximum atomic E-state index is 13.4. The van der Waals surface area contributed by atoms with Crippen molar-refractivity contribution in [3.05, 3.63) is 59.6 Å². The molecule has 2 heterocycles. The van der Waals surface area contributed by atoms with E-state index in [0.717, 1.165) is 5.56 Å². The van der Waals surface area contributed by atoms with Gasteiger partial charge >= 0.3 is 0 Å². The van der Waals surface area contributed by atoms with E-state index in [0.29, 0.717) is 23.1 Å². The fourth-order valence-corrected chi connectivity index (χ4v) is 2.73. The topological polar surface area (TPSA) is 83.0 Å². The normalized spacial score (nSPS) is 12.1. The summed E-state index contributed by atoms with van der Waals surface area (Å²) in [5, 5.41) is 15.9. The first-order chi connectivity index (χ1) is 13.5. The number of anilines is 3. The van der Waals surface area contributed by atoms with Gasteiger partial charge in [-0.15, -0.1) is 0 Å². The lowest BCUT2D eigenvalue weighted by Crippen LogP contribution is -2.30. The Morgan fingerprint density at radius 2 is 2.00 bits per heavy atom. The fourth-order valence-electron chi connectivity index (χ4n) is 2.55. The van der Waals surface area contributed by atoms with E-state index in [-0.39, 0.29) is 23.6 Å². The van der Waals surface area contributed by atoms with Gasteiger partial charge in [0.05, 0.1) is 23.4 Å². The number of halogens is 2. The van der Waals surface area contributed by atoms with Crippen molar-refractivity contribution in [2.24, 2.45) is 5.92 Å². The molecule has 0 radical (unpaired) electrons. The number of aliphatic hydroxyl groups excluding tert-OH is 1. The summed E-state index contributed by atoms with van der Waals surface area (Å²) in [4.78, 5) is 13.2. The summed E-state index contributed by atoms with van der Waals surface area (Å²) in [5.74, 6) is 0.559. The number of hydrogen-bond donors (Lipinski definition) is 3. The van der Waals surface area contributed by atoms with Crippen LogP contribution in [0.25, 0.3) is 11.3 Å². The van der Waals surface area contributed by atoms with Crippen LogP contribution in [0.1, 0.15) is 13.8 Å². The van der Waals surface area contributed by atoms with Crippen LogP contribution < -0.4 is 10.6 Å². The predicted octanol–water partition coefficient (Wildman–Crippen LogP) is 4.50. The van der Waals surface area contributed by atoms with Crippen molar-refractivity contribution in [1.29, 1.82) is 0 Å². The summed E-state index contributed by atoms with van der Waals surface area (Å²) >= 11 is 5.86. The van der Waals surface area contributed by atoms with Crippen molar-refractivity contribution >= 4 is 29.1 Å². The van der Waals surface area contributed by atoms with Gasteiger partial charge in [0.15, 0.2) is 0 Å². The molecule has 0 amide bonds. The molecule has 0 fully saturated rings. The summed E-state index contributed by atoms with van der Waals surface area (Å²) in [6.07, 6.45) is 3.39. The van der Waals surface area contributed by atoms with E-state index < -0.39 is 5.82 Å². The minimum Gasteiger partial charge on any atom is -0.394 e. The van der Waals surface area contributed by atoms with E-state index in [9.17, 15) is 9.50 Å². The van der Waals surface area contributed by atoms with E-state index >= 15 is 0 Å². The number of rotatable bonds is 7. The first kappa shape index (κ1) is 20.0. The molecule has 28 heavy (non-hydrogen) atoms. The van der Waals surface area contributed by atoms with Crippen LogP contribution in [0.15, 0.2) is 48.8 Å². The zero-order chi connectivity index (χ0) is 20.1. The maximum absolute atomic E-state index is 13.4. The number of pyridine rings is 1. The highest BCUT2D eigenvalue weighted by Gasteiger charge is 2.15. The number of nitrogens with one attached hydrogen (secondary N) is 2. The van der Waals surface area contributed by atoms with Gasteiger partial charge in [0.2, 0.25) is 5.95 Å². The van der Waals surface area contributed by atoms with Gasteiger partial charge in [-0.2, -0.15) is 4.98 Å². The van der Waals surface area contributed by atoms with Gasteiger partial charge in [-0.05, 0) is 36.2 Å². The third-order valence-corrected chi connectivity index (χ3v) is 4.48. The SMILES string of the molecule is CC(C)[C@@H](CO)Nc1nc(Nc2ccc(F)c(Cl)c2)cc(-c2cccnc2)n1. The highest BCUT2D eigenvalue weighted by molar-refractivity contribution is 6.31. The summed E-state index contributed by atoms with van der Waals surface area (Å²) in [5.41, 5.74) is 2.07. The smallest absolute Gasteiger partial charge is 0.225 e. The molecule has 0 saturated heterocycles. The van der Waals surface area contributed by atoms with Gasteiger partial charge in [-0.25, -0.2) is 9.37 Å². The molecule has 146 valence electrons. The van der Waals surface area contributed by atoms with Gasteiger partial charge in [0.1, 0.15) is 11.6 Å². The molecule has 3 N–H and O–H groups in total. The molecule has 3 rings (SSSR count). The Morgan fingerprint density at radius 1 is 1.18 bits per heavy atom. The first-order valence-electron chi connectivity index (χ1n) is 8.85. The maximum Gasteiger partial charge on any atom is 0.225 e. The molecule has 3 aromatic rings. The molecular formula is C20H21ClFN5O. The van der Waals surface area contributed by atoms with Crippen LogP contribution in [0.2, 0.25) is 5.02 Å². The van der Waals surface area contributed by atoms with Crippen molar-refractivity contribution in [3.63, 3.8) is 0 Å². The summed E-state index contributed by atoms with van der Waals surface area (Å²) < 4.78 is 13.4. The predicted molar refractivity (Wildman–Crippen MR) is 109 cm³/mol. The standard InChI is InChI=1S/C20H21ClFN5O/c1-12(2)18(11-28)26-20-25-17(13-4-3-7-23-10-13)9-19(27-20)24-14-5-6-16(22)15(21)8-14/h3-10,12,18,28H,11H2,1-2H3,(H2,24,25,26,27)/t18-/m1/s1. The van der Waals surface area contributed by atoms with Gasteiger partial charge in [-0.1, -0.05) is 25.4 Å². The lowest BCUT2D eigenvalue weighted by Gasteiger charge is -2.20. The fraction of sp³-hybridized carbons (Fsp3) is 0.250. The van der Waals surface area contributed by atoms with Crippen molar-refractivity contribution in [2.75, 3.05) is 17.2 Å². The Hall–Kier alpha value is -2.77. The van der Waals surface area contributed by atoms with Crippen LogP contribution in [0.5, 0.6) is 0 Å². The second kappa shape index (κ2) is 8.95. The third-order valence-electron chi connectivity index (χ3n) is 4.19. The van der Waals surface area contributed by atoms with E-state index in [4.69, 9.17) is 11.6 Å². The minimum atomic E-state index is -0.490. The van der Waals surface area contributed by atoms with Gasteiger partial charge < -0.3 is 15.7 Å². The van der Waals surface area contributed by atoms with E-state index in [1.54, 1.807) is 24.5 Å². The van der Waals surface area contributed by atoms with Crippen LogP contribution in [0.4, 0.5) is 21.8 Å². The molecule has 0 aliphatic rings. The average Bonchev–Trinajstić information content (AvgIpc) is 2.69. The second-order valence-electron chi connectivity index (χ2n) is 6.64. The Balaban J connectivity index is 1.97. The van der Waals surface area contributed by atoms with E-state index in [2.05, 4.69) is 25.6 Å². The largest absolute Gasteiger partial charge is 0.394 e. The lowest BCUT2D eigenvalue weighted by molar-refractivity contribution is 0.248. The van der Waals surface area contributed by atoms with Crippen LogP contribution in [0, 0.1) is 11.7 Å². The molecule has 0 aliphatic heterocycles. The molecule has 1 atom stereocenters. The van der Waals surface area contributed by atoms with Gasteiger partial charge in [0.25, 0.3) is 0 Å². The molecule has 8 heteroatoms. The molecular weight excluding hydrogens is 381 g/mol. The van der Waals surface area contributed by atoms with E-state index in [1.165, 1.54) is 12.1 Å². The molecule has 0 aliphatic carbocycles. The summed E-state index contributed by atoms with van der Waals surface area (Å²) in [6, 6.07) is 9.63. The molecule has 0 spiro atoms. The van der Waals surface area contributed by atoms with Crippen molar-refractivity contribution in [1.82, 2.24) is 15.0 Å². The number of hydrogen-bond acceptors (Lipinski definition) is 6. The Morgan fingerprint density at radius 3 is 2.64 bits per heavy atom. The van der Waals surface area contributed by atoms with Crippen molar-refractivity contribution in [3.8, 4) is 11.3 Å². The van der Waals surface area contributed by atoms with Crippen LogP contribution >= 0.6 is 11.6 Å². The second-order valence-corrected chi connectivity index (χ2v) is 7.04. The Labute approximate surface area is 167 Å².